The van der Waals surface area contributed by atoms with E-state index in [2.05, 4.69) is 10.3 Å². The number of sulfone groups is 1. The number of nitrogens with zero attached hydrogens (tertiary/aromatic N) is 4. The van der Waals surface area contributed by atoms with Crippen molar-refractivity contribution in [1.82, 2.24) is 19.4 Å². The van der Waals surface area contributed by atoms with E-state index in [0.717, 1.165) is 42.4 Å². The van der Waals surface area contributed by atoms with Crippen LogP contribution in [0.5, 0.6) is 5.75 Å². The predicted molar refractivity (Wildman–Crippen MR) is 150 cm³/mol. The molecule has 0 spiro atoms. The minimum Gasteiger partial charge on any atom is -0.493 e. The third-order valence-corrected chi connectivity index (χ3v) is 8.71. The summed E-state index contributed by atoms with van der Waals surface area (Å²) in [7, 11) is -3.01. The Morgan fingerprint density at radius 3 is 2.62 bits per heavy atom. The maximum absolute atomic E-state index is 12.9. The van der Waals surface area contributed by atoms with E-state index in [-0.39, 0.29) is 29.7 Å². The number of fused-ring (bicyclic) bond motifs is 1. The highest BCUT2D eigenvalue weighted by Gasteiger charge is 2.31. The van der Waals surface area contributed by atoms with Crippen LogP contribution in [0.3, 0.4) is 0 Å². The molecule has 39 heavy (non-hydrogen) atoms. The van der Waals surface area contributed by atoms with Gasteiger partial charge >= 0.3 is 0 Å². The fourth-order valence-corrected chi connectivity index (χ4v) is 6.18. The van der Waals surface area contributed by atoms with Gasteiger partial charge in [-0.1, -0.05) is 6.07 Å². The van der Waals surface area contributed by atoms with Crippen molar-refractivity contribution in [2.75, 3.05) is 37.0 Å². The topological polar surface area (TPSA) is 127 Å². The van der Waals surface area contributed by atoms with Crippen molar-refractivity contribution in [2.24, 2.45) is 5.92 Å². The van der Waals surface area contributed by atoms with Gasteiger partial charge in [0.2, 0.25) is 11.9 Å². The zero-order chi connectivity index (χ0) is 27.4. The van der Waals surface area contributed by atoms with E-state index in [1.54, 1.807) is 6.20 Å². The molecule has 1 aromatic carbocycles. The molecule has 2 fully saturated rings. The Hall–Kier alpha value is -3.18. The summed E-state index contributed by atoms with van der Waals surface area (Å²) in [4.78, 5) is 24.0. The molecule has 2 aliphatic rings. The molecule has 2 aromatic heterocycles. The maximum Gasteiger partial charge on any atom is 0.225 e. The average molecular weight is 556 g/mol. The second kappa shape index (κ2) is 11.9. The number of likely N-dealkylation sites (tertiary alicyclic amines) is 1. The standard InChI is InChI=1S/C28H37N5O5S/c1-39(36,37)19-3-18-38-25-5-2-4-24-23(25)13-17-33(24)26-10-14-29-28(31-26)30-21-8-6-20(7-9-21)27(35)32-15-11-22(34)12-16-32/h2,4-5,10,13-14,17,20-22,34H,3,6-9,11-12,15-16,18-19H2,1H3,(H,29,30,31). The molecule has 0 unspecified atom stereocenters. The Bertz CT molecular complexity index is 1390. The molecular weight excluding hydrogens is 518 g/mol. The van der Waals surface area contributed by atoms with E-state index in [9.17, 15) is 18.3 Å². The van der Waals surface area contributed by atoms with Crippen LogP contribution in [0, 0.1) is 5.92 Å². The number of carbonyl (C=O) groups excluding carboxylic acids is 1. The largest absolute Gasteiger partial charge is 0.493 e. The number of aliphatic hydroxyl groups is 1. The van der Waals surface area contributed by atoms with Gasteiger partial charge in [0.1, 0.15) is 21.4 Å². The Balaban J connectivity index is 1.19. The predicted octanol–water partition coefficient (Wildman–Crippen LogP) is 3.19. The van der Waals surface area contributed by atoms with E-state index >= 15 is 0 Å². The van der Waals surface area contributed by atoms with E-state index in [1.807, 2.05) is 46.0 Å². The van der Waals surface area contributed by atoms with Gasteiger partial charge in [0.25, 0.3) is 0 Å². The number of benzene rings is 1. The Kier molecular flexibility index (Phi) is 8.37. The molecule has 3 heterocycles. The van der Waals surface area contributed by atoms with Crippen molar-refractivity contribution in [1.29, 1.82) is 0 Å². The molecule has 5 rings (SSSR count). The first-order valence-electron chi connectivity index (χ1n) is 13.7. The highest BCUT2D eigenvalue weighted by Crippen LogP contribution is 2.30. The van der Waals surface area contributed by atoms with E-state index in [4.69, 9.17) is 9.72 Å². The van der Waals surface area contributed by atoms with E-state index in [0.29, 0.717) is 50.7 Å². The number of hydrogen-bond donors (Lipinski definition) is 2. The average Bonchev–Trinajstić information content (AvgIpc) is 3.36. The second-order valence-corrected chi connectivity index (χ2v) is 13.0. The quantitative estimate of drug-likeness (QED) is 0.386. The number of anilines is 1. The summed E-state index contributed by atoms with van der Waals surface area (Å²) in [5.41, 5.74) is 0.935. The second-order valence-electron chi connectivity index (χ2n) is 10.7. The van der Waals surface area contributed by atoms with Crippen LogP contribution >= 0.6 is 0 Å². The Morgan fingerprint density at radius 2 is 1.87 bits per heavy atom. The minimum absolute atomic E-state index is 0.0552. The number of piperidine rings is 1. The van der Waals surface area contributed by atoms with Crippen LogP contribution in [0.4, 0.5) is 5.95 Å². The van der Waals surface area contributed by atoms with Gasteiger partial charge < -0.3 is 24.6 Å². The van der Waals surface area contributed by atoms with Crippen LogP contribution in [0.15, 0.2) is 42.7 Å². The van der Waals surface area contributed by atoms with Gasteiger partial charge in [-0.3, -0.25) is 4.79 Å². The molecule has 1 aliphatic heterocycles. The molecule has 1 saturated carbocycles. The van der Waals surface area contributed by atoms with Gasteiger partial charge in [0, 0.05) is 49.1 Å². The van der Waals surface area contributed by atoms with Crippen molar-refractivity contribution in [3.05, 3.63) is 42.7 Å². The monoisotopic (exact) mass is 555 g/mol. The number of rotatable bonds is 9. The summed E-state index contributed by atoms with van der Waals surface area (Å²) >= 11 is 0. The molecule has 0 atom stereocenters. The van der Waals surface area contributed by atoms with E-state index in [1.165, 1.54) is 6.26 Å². The van der Waals surface area contributed by atoms with Crippen LogP contribution in [-0.2, 0) is 14.6 Å². The first-order chi connectivity index (χ1) is 18.8. The Morgan fingerprint density at radius 1 is 1.10 bits per heavy atom. The Labute approximate surface area is 229 Å². The number of aliphatic hydroxyl groups excluding tert-OH is 1. The fraction of sp³-hybridized carbons (Fsp3) is 0.536. The van der Waals surface area contributed by atoms with Crippen molar-refractivity contribution >= 4 is 32.6 Å². The van der Waals surface area contributed by atoms with Gasteiger partial charge in [-0.2, -0.15) is 4.98 Å². The summed E-state index contributed by atoms with van der Waals surface area (Å²) in [6.45, 7) is 1.64. The molecule has 10 nitrogen and oxygen atoms in total. The van der Waals surface area contributed by atoms with Gasteiger partial charge in [0.15, 0.2) is 0 Å². The van der Waals surface area contributed by atoms with Gasteiger partial charge in [-0.25, -0.2) is 13.4 Å². The molecule has 1 amide bonds. The smallest absolute Gasteiger partial charge is 0.225 e. The zero-order valence-corrected chi connectivity index (χ0v) is 23.1. The summed E-state index contributed by atoms with van der Waals surface area (Å²) < 4.78 is 30.6. The van der Waals surface area contributed by atoms with Crippen LogP contribution < -0.4 is 10.1 Å². The third kappa shape index (κ3) is 6.88. The van der Waals surface area contributed by atoms with Crippen molar-refractivity contribution in [2.45, 2.75) is 57.1 Å². The number of ether oxygens (including phenoxy) is 1. The molecule has 210 valence electrons. The number of amides is 1. The number of hydrogen-bond acceptors (Lipinski definition) is 8. The zero-order valence-electron chi connectivity index (χ0n) is 22.3. The molecule has 0 radical (unpaired) electrons. The highest BCUT2D eigenvalue weighted by atomic mass is 32.2. The normalized spacial score (nSPS) is 20.7. The summed E-state index contributed by atoms with van der Waals surface area (Å²) in [6.07, 6.45) is 9.86. The number of carbonyl (C=O) groups is 1. The lowest BCUT2D eigenvalue weighted by molar-refractivity contribution is -0.138. The fourth-order valence-electron chi connectivity index (χ4n) is 5.53. The summed E-state index contributed by atoms with van der Waals surface area (Å²) in [5, 5.41) is 14.1. The lowest BCUT2D eigenvalue weighted by Gasteiger charge is -2.35. The van der Waals surface area contributed by atoms with E-state index < -0.39 is 9.84 Å². The minimum atomic E-state index is -3.01. The third-order valence-electron chi connectivity index (χ3n) is 7.68. The lowest BCUT2D eigenvalue weighted by Crippen LogP contribution is -2.44. The maximum atomic E-state index is 12.9. The van der Waals surface area contributed by atoms with Gasteiger partial charge in [-0.15, -0.1) is 0 Å². The van der Waals surface area contributed by atoms with Crippen LogP contribution in [0.2, 0.25) is 0 Å². The van der Waals surface area contributed by atoms with Crippen LogP contribution in [-0.4, -0.2) is 82.7 Å². The van der Waals surface area contributed by atoms with Crippen LogP contribution in [0.1, 0.15) is 44.9 Å². The van der Waals surface area contributed by atoms with Crippen molar-refractivity contribution < 1.29 is 23.1 Å². The first kappa shape index (κ1) is 27.4. The molecular formula is C28H37N5O5S. The molecule has 2 N–H and O–H groups in total. The number of nitrogens with one attached hydrogen (secondary N) is 1. The molecule has 1 aliphatic carbocycles. The van der Waals surface area contributed by atoms with Crippen molar-refractivity contribution in [3.8, 4) is 11.6 Å². The summed E-state index contributed by atoms with van der Waals surface area (Å²) in [5.74, 6) is 2.38. The summed E-state index contributed by atoms with van der Waals surface area (Å²) in [6, 6.07) is 9.83. The molecule has 1 saturated heterocycles. The first-order valence-corrected chi connectivity index (χ1v) is 15.8. The molecule has 0 bridgehead atoms. The molecule has 3 aromatic rings. The number of aromatic nitrogens is 3. The molecule has 11 heteroatoms. The van der Waals surface area contributed by atoms with Gasteiger partial charge in [0.05, 0.1) is 24.0 Å². The van der Waals surface area contributed by atoms with Crippen LogP contribution in [0.25, 0.3) is 16.7 Å². The SMILES string of the molecule is CS(=O)(=O)CCCOc1cccc2c1ccn2-c1ccnc(NC2CCC(C(=O)N3CCC(O)CC3)CC2)n1. The van der Waals surface area contributed by atoms with Crippen molar-refractivity contribution in [3.63, 3.8) is 0 Å². The van der Waals surface area contributed by atoms with Gasteiger partial charge in [-0.05, 0) is 69.2 Å². The highest BCUT2D eigenvalue weighted by molar-refractivity contribution is 7.90. The lowest BCUT2D eigenvalue weighted by atomic mass is 9.85.